The van der Waals surface area contributed by atoms with Crippen LogP contribution in [0.1, 0.15) is 5.56 Å². The summed E-state index contributed by atoms with van der Waals surface area (Å²) < 4.78 is 35.4. The largest absolute Gasteiger partial charge is 0.497 e. The summed E-state index contributed by atoms with van der Waals surface area (Å²) in [7, 11) is 0.0619. The van der Waals surface area contributed by atoms with Crippen LogP contribution >= 0.6 is 23.4 Å². The number of nitrogens with zero attached hydrogens (tertiary/aromatic N) is 2. The van der Waals surface area contributed by atoms with E-state index in [2.05, 4.69) is 0 Å². The van der Waals surface area contributed by atoms with E-state index < -0.39 is 9.84 Å². The maximum absolute atomic E-state index is 12.3. The van der Waals surface area contributed by atoms with Crippen molar-refractivity contribution in [2.24, 2.45) is 4.99 Å². The fraction of sp³-hybridized carbons (Fsp3) is 0.350. The smallest absolute Gasteiger partial charge is 0.164 e. The van der Waals surface area contributed by atoms with Gasteiger partial charge in [0, 0.05) is 16.8 Å². The van der Waals surface area contributed by atoms with Crippen LogP contribution in [-0.2, 0) is 15.6 Å². The summed E-state index contributed by atoms with van der Waals surface area (Å²) in [6.07, 6.45) is 0. The number of halogens is 1. The van der Waals surface area contributed by atoms with E-state index in [1.165, 1.54) is 0 Å². The van der Waals surface area contributed by atoms with E-state index in [9.17, 15) is 8.42 Å². The van der Waals surface area contributed by atoms with Crippen LogP contribution in [0.4, 0.5) is 5.69 Å². The Balaban J connectivity index is 1.70. The molecule has 2 aromatic carbocycles. The van der Waals surface area contributed by atoms with Gasteiger partial charge in [-0.2, -0.15) is 0 Å². The van der Waals surface area contributed by atoms with Crippen molar-refractivity contribution in [1.29, 1.82) is 0 Å². The molecule has 0 amide bonds. The Hall–Kier alpha value is -1.90. The molecule has 0 aliphatic carbocycles. The zero-order valence-corrected chi connectivity index (χ0v) is 18.4. The van der Waals surface area contributed by atoms with Crippen molar-refractivity contribution in [3.63, 3.8) is 0 Å². The third-order valence-electron chi connectivity index (χ3n) is 5.07. The van der Waals surface area contributed by atoms with Crippen molar-refractivity contribution in [1.82, 2.24) is 0 Å². The SMILES string of the molecule is COc1ccc(OC)c(N2C(SCc3ccccc3Cl)=N[C@H]3CS(=O)(=O)C[C@@H]32)c1. The third kappa shape index (κ3) is 4.06. The highest BCUT2D eigenvalue weighted by atomic mass is 35.5. The van der Waals surface area contributed by atoms with Crippen LogP contribution in [0, 0.1) is 0 Å². The highest BCUT2D eigenvalue weighted by Gasteiger charge is 2.47. The summed E-state index contributed by atoms with van der Waals surface area (Å²) in [4.78, 5) is 6.75. The highest BCUT2D eigenvalue weighted by Crippen LogP contribution is 2.41. The number of hydrogen-bond acceptors (Lipinski definition) is 7. The van der Waals surface area contributed by atoms with Crippen molar-refractivity contribution < 1.29 is 17.9 Å². The van der Waals surface area contributed by atoms with Gasteiger partial charge in [-0.3, -0.25) is 4.99 Å². The number of aliphatic imine (C=N–C) groups is 1. The lowest BCUT2D eigenvalue weighted by Gasteiger charge is -2.28. The first-order valence-electron chi connectivity index (χ1n) is 9.07. The number of ether oxygens (including phenoxy) is 2. The average Bonchev–Trinajstić information content (AvgIpc) is 3.17. The fourth-order valence-corrected chi connectivity index (χ4v) is 6.90. The normalized spacial score (nSPS) is 22.3. The van der Waals surface area contributed by atoms with Gasteiger partial charge >= 0.3 is 0 Å². The molecule has 4 rings (SSSR count). The number of fused-ring (bicyclic) bond motifs is 1. The number of sulfone groups is 1. The minimum atomic E-state index is -3.13. The number of methoxy groups -OCH3 is 2. The molecule has 2 aliphatic heterocycles. The summed E-state index contributed by atoms with van der Waals surface area (Å²) in [5.41, 5.74) is 1.76. The van der Waals surface area contributed by atoms with E-state index in [0.717, 1.165) is 16.4 Å². The molecule has 2 heterocycles. The van der Waals surface area contributed by atoms with E-state index in [0.29, 0.717) is 22.3 Å². The monoisotopic (exact) mass is 452 g/mol. The lowest BCUT2D eigenvalue weighted by Crippen LogP contribution is -2.39. The maximum Gasteiger partial charge on any atom is 0.164 e. The van der Waals surface area contributed by atoms with Gasteiger partial charge < -0.3 is 14.4 Å². The Labute approximate surface area is 179 Å². The summed E-state index contributed by atoms with van der Waals surface area (Å²) in [5, 5.41) is 1.47. The number of rotatable bonds is 5. The van der Waals surface area contributed by atoms with Gasteiger partial charge in [-0.05, 0) is 23.8 Å². The van der Waals surface area contributed by atoms with E-state index in [1.807, 2.05) is 47.4 Å². The second-order valence-corrected chi connectivity index (χ2v) is 10.4. The first-order valence-corrected chi connectivity index (χ1v) is 12.3. The second kappa shape index (κ2) is 8.08. The van der Waals surface area contributed by atoms with Crippen LogP contribution in [0.15, 0.2) is 47.5 Å². The molecule has 0 N–H and O–H groups in total. The molecule has 0 bridgehead atoms. The number of hydrogen-bond donors (Lipinski definition) is 0. The molecule has 0 radical (unpaired) electrons. The topological polar surface area (TPSA) is 68.2 Å². The van der Waals surface area contributed by atoms with Crippen LogP contribution in [0.25, 0.3) is 0 Å². The Morgan fingerprint density at radius 3 is 2.69 bits per heavy atom. The maximum atomic E-state index is 12.3. The van der Waals surface area contributed by atoms with Crippen LogP contribution in [0.3, 0.4) is 0 Å². The molecule has 2 aliphatic rings. The average molecular weight is 453 g/mol. The van der Waals surface area contributed by atoms with Crippen molar-refractivity contribution >= 4 is 44.1 Å². The van der Waals surface area contributed by atoms with E-state index in [-0.39, 0.29) is 23.6 Å². The van der Waals surface area contributed by atoms with Crippen LogP contribution in [-0.4, -0.2) is 51.4 Å². The zero-order chi connectivity index (χ0) is 20.6. The van der Waals surface area contributed by atoms with E-state index in [4.69, 9.17) is 26.1 Å². The fourth-order valence-electron chi connectivity index (χ4n) is 3.66. The molecule has 2 aromatic rings. The lowest BCUT2D eigenvalue weighted by molar-refractivity contribution is 0.403. The third-order valence-corrected chi connectivity index (χ3v) is 8.15. The van der Waals surface area contributed by atoms with Crippen molar-refractivity contribution in [2.75, 3.05) is 30.6 Å². The molecule has 2 atom stereocenters. The Morgan fingerprint density at radius 2 is 1.97 bits per heavy atom. The molecule has 1 fully saturated rings. The zero-order valence-electron chi connectivity index (χ0n) is 16.0. The molecular weight excluding hydrogens is 432 g/mol. The summed E-state index contributed by atoms with van der Waals surface area (Å²) >= 11 is 7.84. The van der Waals surface area contributed by atoms with E-state index in [1.54, 1.807) is 26.0 Å². The molecule has 6 nitrogen and oxygen atoms in total. The van der Waals surface area contributed by atoms with Crippen molar-refractivity contribution in [2.45, 2.75) is 17.8 Å². The van der Waals surface area contributed by atoms with Crippen LogP contribution in [0.5, 0.6) is 11.5 Å². The van der Waals surface area contributed by atoms with Crippen molar-refractivity contribution in [3.05, 3.63) is 53.1 Å². The highest BCUT2D eigenvalue weighted by molar-refractivity contribution is 8.13. The Bertz CT molecular complexity index is 1060. The molecule has 9 heteroatoms. The van der Waals surface area contributed by atoms with Crippen LogP contribution in [0.2, 0.25) is 5.02 Å². The first-order chi connectivity index (χ1) is 13.9. The van der Waals surface area contributed by atoms with Gasteiger partial charge in [-0.1, -0.05) is 41.6 Å². The minimum Gasteiger partial charge on any atom is -0.497 e. The van der Waals surface area contributed by atoms with Gasteiger partial charge in [-0.15, -0.1) is 0 Å². The Morgan fingerprint density at radius 1 is 1.17 bits per heavy atom. The van der Waals surface area contributed by atoms with Gasteiger partial charge in [0.1, 0.15) is 11.5 Å². The standard InChI is InChI=1S/C20H21ClN2O4S2/c1-26-14-7-8-19(27-2)17(9-14)23-18-12-29(24,25)11-16(18)22-20(23)28-10-13-5-3-4-6-15(13)21/h3-9,16,18H,10-12H2,1-2H3/t16-,18-/m0/s1. The molecule has 1 saturated heterocycles. The number of thioether (sulfide) groups is 1. The molecule has 154 valence electrons. The minimum absolute atomic E-state index is 0.0661. The molecule has 0 unspecified atom stereocenters. The summed E-state index contributed by atoms with van der Waals surface area (Å²) in [6.45, 7) is 0. The summed E-state index contributed by atoms with van der Waals surface area (Å²) in [5.74, 6) is 2.07. The molecule has 29 heavy (non-hydrogen) atoms. The molecule has 0 aromatic heterocycles. The number of amidine groups is 1. The van der Waals surface area contributed by atoms with Crippen molar-refractivity contribution in [3.8, 4) is 11.5 Å². The summed E-state index contributed by atoms with van der Waals surface area (Å²) in [6, 6.07) is 12.6. The number of benzene rings is 2. The number of anilines is 1. The van der Waals surface area contributed by atoms with Gasteiger partial charge in [0.15, 0.2) is 15.0 Å². The predicted octanol–water partition coefficient (Wildman–Crippen LogP) is 3.63. The molecular formula is C20H21ClN2O4S2. The van der Waals surface area contributed by atoms with Crippen LogP contribution < -0.4 is 14.4 Å². The second-order valence-electron chi connectivity index (χ2n) is 6.91. The quantitative estimate of drug-likeness (QED) is 0.690. The molecule has 0 spiro atoms. The lowest BCUT2D eigenvalue weighted by atomic mass is 10.1. The first kappa shape index (κ1) is 20.4. The molecule has 0 saturated carbocycles. The Kier molecular flexibility index (Phi) is 5.68. The van der Waals surface area contributed by atoms with E-state index >= 15 is 0 Å². The van der Waals surface area contributed by atoms with Gasteiger partial charge in [0.25, 0.3) is 0 Å². The van der Waals surface area contributed by atoms with Gasteiger partial charge in [0.05, 0.1) is 43.5 Å². The van der Waals surface area contributed by atoms with Gasteiger partial charge in [0.2, 0.25) is 0 Å². The van der Waals surface area contributed by atoms with Gasteiger partial charge in [-0.25, -0.2) is 8.42 Å². The predicted molar refractivity (Wildman–Crippen MR) is 118 cm³/mol.